The monoisotopic (exact) mass is 227 g/mol. The van der Waals surface area contributed by atoms with Crippen molar-refractivity contribution in [3.63, 3.8) is 0 Å². The van der Waals surface area contributed by atoms with Crippen LogP contribution in [0.5, 0.6) is 0 Å². The van der Waals surface area contributed by atoms with Crippen LogP contribution in [0.1, 0.15) is 18.4 Å². The Kier molecular flexibility index (Phi) is 4.92. The third kappa shape index (κ3) is 3.73. The van der Waals surface area contributed by atoms with Crippen molar-refractivity contribution < 1.29 is 5.11 Å². The molecule has 0 unspecified atom stereocenters. The first-order valence-corrected chi connectivity index (χ1v) is 5.61. The van der Waals surface area contributed by atoms with Gasteiger partial charge in [0.25, 0.3) is 0 Å². The van der Waals surface area contributed by atoms with Crippen LogP contribution in [0.3, 0.4) is 0 Å². The lowest BCUT2D eigenvalue weighted by Crippen LogP contribution is -2.18. The number of hydrogen-bond donors (Lipinski definition) is 1. The fourth-order valence-corrected chi connectivity index (χ4v) is 1.58. The van der Waals surface area contributed by atoms with Gasteiger partial charge in [0.05, 0.1) is 0 Å². The lowest BCUT2D eigenvalue weighted by molar-refractivity contribution is 0.285. The van der Waals surface area contributed by atoms with Crippen LogP contribution in [-0.4, -0.2) is 25.3 Å². The fraction of sp³-hybridized carbons (Fsp3) is 0.500. The zero-order valence-corrected chi connectivity index (χ0v) is 10.1. The van der Waals surface area contributed by atoms with Crippen LogP contribution in [0.2, 0.25) is 5.02 Å². The summed E-state index contributed by atoms with van der Waals surface area (Å²) >= 11 is 6.05. The highest BCUT2D eigenvalue weighted by atomic mass is 35.5. The molecule has 0 saturated heterocycles. The molecule has 0 radical (unpaired) electrons. The lowest BCUT2D eigenvalue weighted by Gasteiger charge is -2.19. The first-order chi connectivity index (χ1) is 7.15. The Balaban J connectivity index is 2.57. The summed E-state index contributed by atoms with van der Waals surface area (Å²) in [4.78, 5) is 2.15. The van der Waals surface area contributed by atoms with Crippen LogP contribution in [0.25, 0.3) is 0 Å². The van der Waals surface area contributed by atoms with Crippen molar-refractivity contribution in [3.8, 4) is 0 Å². The van der Waals surface area contributed by atoms with Crippen LogP contribution < -0.4 is 4.90 Å². The third-order valence-corrected chi connectivity index (χ3v) is 2.91. The predicted molar refractivity (Wildman–Crippen MR) is 65.8 cm³/mol. The van der Waals surface area contributed by atoms with Gasteiger partial charge in [0, 0.05) is 30.9 Å². The van der Waals surface area contributed by atoms with E-state index in [1.54, 1.807) is 0 Å². The van der Waals surface area contributed by atoms with Gasteiger partial charge in [-0.2, -0.15) is 0 Å². The van der Waals surface area contributed by atoms with E-state index < -0.39 is 0 Å². The molecule has 15 heavy (non-hydrogen) atoms. The van der Waals surface area contributed by atoms with Gasteiger partial charge in [0.15, 0.2) is 0 Å². The highest BCUT2D eigenvalue weighted by Crippen LogP contribution is 2.22. The van der Waals surface area contributed by atoms with E-state index in [4.69, 9.17) is 16.7 Å². The van der Waals surface area contributed by atoms with Crippen molar-refractivity contribution in [3.05, 3.63) is 28.8 Å². The van der Waals surface area contributed by atoms with Gasteiger partial charge in [-0.05, 0) is 37.5 Å². The molecule has 0 aliphatic heterocycles. The molecule has 0 amide bonds. The molecular weight excluding hydrogens is 210 g/mol. The Hall–Kier alpha value is -0.730. The van der Waals surface area contributed by atoms with Crippen molar-refractivity contribution in [1.29, 1.82) is 0 Å². The number of benzene rings is 1. The second-order valence-corrected chi connectivity index (χ2v) is 4.19. The quantitative estimate of drug-likeness (QED) is 0.782. The van der Waals surface area contributed by atoms with Crippen molar-refractivity contribution in [2.45, 2.75) is 19.8 Å². The van der Waals surface area contributed by atoms with Crippen molar-refractivity contribution in [2.24, 2.45) is 0 Å². The minimum Gasteiger partial charge on any atom is -0.396 e. The van der Waals surface area contributed by atoms with E-state index in [0.717, 1.165) is 35.7 Å². The Morgan fingerprint density at radius 1 is 1.33 bits per heavy atom. The molecule has 0 heterocycles. The Morgan fingerprint density at radius 3 is 2.67 bits per heavy atom. The number of nitrogens with zero attached hydrogens (tertiary/aromatic N) is 1. The minimum absolute atomic E-state index is 0.266. The van der Waals surface area contributed by atoms with Gasteiger partial charge in [0.2, 0.25) is 0 Å². The van der Waals surface area contributed by atoms with Crippen LogP contribution in [0.4, 0.5) is 5.69 Å². The molecule has 0 fully saturated rings. The molecule has 0 aliphatic carbocycles. The van der Waals surface area contributed by atoms with Gasteiger partial charge < -0.3 is 10.0 Å². The number of aryl methyl sites for hydroxylation is 1. The molecule has 0 bridgehead atoms. The predicted octanol–water partition coefficient (Wildman–Crippen LogP) is 2.86. The van der Waals surface area contributed by atoms with Gasteiger partial charge in [-0.1, -0.05) is 17.7 Å². The number of unbranched alkanes of at least 4 members (excludes halogenated alkanes) is 1. The number of aliphatic hydroxyl groups is 1. The Bertz CT molecular complexity index is 314. The lowest BCUT2D eigenvalue weighted by atomic mass is 10.2. The second kappa shape index (κ2) is 5.99. The van der Waals surface area contributed by atoms with E-state index in [1.165, 1.54) is 0 Å². The molecule has 1 N–H and O–H groups in total. The van der Waals surface area contributed by atoms with Crippen LogP contribution >= 0.6 is 11.6 Å². The van der Waals surface area contributed by atoms with Crippen molar-refractivity contribution in [1.82, 2.24) is 0 Å². The highest BCUT2D eigenvalue weighted by Gasteiger charge is 2.02. The average molecular weight is 228 g/mol. The largest absolute Gasteiger partial charge is 0.396 e. The molecule has 1 rings (SSSR count). The molecular formula is C12H18ClNO. The fourth-order valence-electron chi connectivity index (χ4n) is 1.41. The van der Waals surface area contributed by atoms with Crippen molar-refractivity contribution >= 4 is 17.3 Å². The van der Waals surface area contributed by atoms with E-state index in [1.807, 2.05) is 26.1 Å². The van der Waals surface area contributed by atoms with E-state index in [9.17, 15) is 0 Å². The highest BCUT2D eigenvalue weighted by molar-refractivity contribution is 6.31. The number of rotatable bonds is 5. The number of halogens is 1. The average Bonchev–Trinajstić information content (AvgIpc) is 2.22. The molecule has 1 aromatic rings. The zero-order valence-electron chi connectivity index (χ0n) is 9.33. The van der Waals surface area contributed by atoms with E-state index in [-0.39, 0.29) is 6.61 Å². The van der Waals surface area contributed by atoms with Crippen LogP contribution in [0, 0.1) is 6.92 Å². The number of anilines is 1. The summed E-state index contributed by atoms with van der Waals surface area (Å²) in [5.41, 5.74) is 2.23. The standard InChI is InChI=1S/C12H18ClNO/c1-10-5-6-11(9-12(10)13)14(2)7-3-4-8-15/h5-6,9,15H,3-4,7-8H2,1-2H3. The van der Waals surface area contributed by atoms with Crippen LogP contribution in [-0.2, 0) is 0 Å². The maximum atomic E-state index is 8.69. The normalized spacial score (nSPS) is 10.4. The van der Waals surface area contributed by atoms with Gasteiger partial charge in [-0.25, -0.2) is 0 Å². The molecule has 0 atom stereocenters. The van der Waals surface area contributed by atoms with Gasteiger partial charge >= 0.3 is 0 Å². The Labute approximate surface area is 96.5 Å². The number of hydrogen-bond acceptors (Lipinski definition) is 2. The first-order valence-electron chi connectivity index (χ1n) is 5.23. The molecule has 0 aromatic heterocycles. The molecule has 84 valence electrons. The summed E-state index contributed by atoms with van der Waals surface area (Å²) in [7, 11) is 2.04. The summed E-state index contributed by atoms with van der Waals surface area (Å²) in [5.74, 6) is 0. The van der Waals surface area contributed by atoms with Gasteiger partial charge in [-0.3, -0.25) is 0 Å². The smallest absolute Gasteiger partial charge is 0.0455 e. The molecule has 3 heteroatoms. The zero-order chi connectivity index (χ0) is 11.3. The summed E-state index contributed by atoms with van der Waals surface area (Å²) in [6.07, 6.45) is 1.85. The summed E-state index contributed by atoms with van der Waals surface area (Å²) in [6.45, 7) is 3.21. The molecule has 1 aromatic carbocycles. The third-order valence-electron chi connectivity index (χ3n) is 2.50. The van der Waals surface area contributed by atoms with E-state index >= 15 is 0 Å². The van der Waals surface area contributed by atoms with E-state index in [2.05, 4.69) is 11.0 Å². The number of aliphatic hydroxyl groups excluding tert-OH is 1. The maximum Gasteiger partial charge on any atom is 0.0455 e. The minimum atomic E-state index is 0.266. The molecule has 2 nitrogen and oxygen atoms in total. The molecule has 0 spiro atoms. The van der Waals surface area contributed by atoms with Crippen molar-refractivity contribution in [2.75, 3.05) is 25.1 Å². The molecule has 0 aliphatic rings. The van der Waals surface area contributed by atoms with Gasteiger partial charge in [-0.15, -0.1) is 0 Å². The summed E-state index contributed by atoms with van der Waals surface area (Å²) in [5, 5.41) is 9.50. The first kappa shape index (κ1) is 12.3. The topological polar surface area (TPSA) is 23.5 Å². The second-order valence-electron chi connectivity index (χ2n) is 3.79. The Morgan fingerprint density at radius 2 is 2.07 bits per heavy atom. The van der Waals surface area contributed by atoms with Gasteiger partial charge in [0.1, 0.15) is 0 Å². The summed E-state index contributed by atoms with van der Waals surface area (Å²) < 4.78 is 0. The van der Waals surface area contributed by atoms with E-state index in [0.29, 0.717) is 0 Å². The maximum absolute atomic E-state index is 8.69. The van der Waals surface area contributed by atoms with Crippen LogP contribution in [0.15, 0.2) is 18.2 Å². The molecule has 0 saturated carbocycles. The SMILES string of the molecule is Cc1ccc(N(C)CCCCO)cc1Cl. The summed E-state index contributed by atoms with van der Waals surface area (Å²) in [6, 6.07) is 6.08.